The monoisotopic (exact) mass is 426 g/mol. The van der Waals surface area contributed by atoms with Gasteiger partial charge in [0, 0.05) is 24.6 Å². The number of nitrogens with one attached hydrogen (secondary N) is 1. The van der Waals surface area contributed by atoms with Gasteiger partial charge in [-0.2, -0.15) is 0 Å². The molecule has 0 bridgehead atoms. The van der Waals surface area contributed by atoms with E-state index in [4.69, 9.17) is 4.74 Å². The molecule has 0 spiro atoms. The number of aromatic nitrogens is 2. The third kappa shape index (κ3) is 4.02. The number of para-hydroxylation sites is 2. The van der Waals surface area contributed by atoms with Crippen LogP contribution in [0.25, 0.3) is 5.69 Å². The highest BCUT2D eigenvalue weighted by Crippen LogP contribution is 2.35. The Kier molecular flexibility index (Phi) is 5.45. The highest BCUT2D eigenvalue weighted by atomic mass is 32.2. The molecule has 4 rings (SSSR count). The summed E-state index contributed by atoms with van der Waals surface area (Å²) in [5.41, 5.74) is 2.34. The molecule has 156 valence electrons. The van der Waals surface area contributed by atoms with Gasteiger partial charge in [0.2, 0.25) is 10.0 Å². The molecule has 3 aromatic rings. The van der Waals surface area contributed by atoms with Crippen LogP contribution in [0.15, 0.2) is 67.3 Å². The standard InChI is InChI=1S/C21H22N4O4S/c1-2-30(27,28)25-14-20(29-19-6-4-3-5-18(19)25)21(26)23-13-16-7-9-17(10-8-16)24-12-11-22-15-24/h3-12,15,20H,2,13-14H2,1H3,(H,23,26). The van der Waals surface area contributed by atoms with Gasteiger partial charge in [-0.3, -0.25) is 9.10 Å². The van der Waals surface area contributed by atoms with Crippen LogP contribution in [-0.4, -0.2) is 42.3 Å². The van der Waals surface area contributed by atoms with Gasteiger partial charge >= 0.3 is 0 Å². The molecule has 0 aliphatic carbocycles. The van der Waals surface area contributed by atoms with E-state index in [9.17, 15) is 13.2 Å². The van der Waals surface area contributed by atoms with Crippen molar-refractivity contribution < 1.29 is 17.9 Å². The van der Waals surface area contributed by atoms with Crippen LogP contribution in [0.4, 0.5) is 5.69 Å². The highest BCUT2D eigenvalue weighted by Gasteiger charge is 2.35. The molecular weight excluding hydrogens is 404 g/mol. The molecule has 8 nitrogen and oxygen atoms in total. The molecule has 0 saturated carbocycles. The summed E-state index contributed by atoms with van der Waals surface area (Å²) >= 11 is 0. The van der Waals surface area contributed by atoms with Gasteiger partial charge < -0.3 is 14.6 Å². The molecule has 0 fully saturated rings. The largest absolute Gasteiger partial charge is 0.476 e. The number of nitrogens with zero attached hydrogens (tertiary/aromatic N) is 3. The van der Waals surface area contributed by atoms with Crippen molar-refractivity contribution in [2.45, 2.75) is 19.6 Å². The Morgan fingerprint density at radius 3 is 2.67 bits per heavy atom. The number of fused-ring (bicyclic) bond motifs is 1. The number of imidazole rings is 1. The maximum Gasteiger partial charge on any atom is 0.263 e. The van der Waals surface area contributed by atoms with Crippen LogP contribution in [-0.2, 0) is 21.4 Å². The quantitative estimate of drug-likeness (QED) is 0.652. The van der Waals surface area contributed by atoms with Crippen LogP contribution in [0.2, 0.25) is 0 Å². The molecule has 1 unspecified atom stereocenters. The number of carbonyl (C=O) groups excluding carboxylic acids is 1. The lowest BCUT2D eigenvalue weighted by atomic mass is 10.2. The summed E-state index contributed by atoms with van der Waals surface area (Å²) in [6.07, 6.45) is 4.35. The summed E-state index contributed by atoms with van der Waals surface area (Å²) in [5, 5.41) is 2.84. The summed E-state index contributed by atoms with van der Waals surface area (Å²) < 4.78 is 34.0. The fourth-order valence-corrected chi connectivity index (χ4v) is 4.38. The molecule has 1 aliphatic rings. The Labute approximate surface area is 175 Å². The second-order valence-corrected chi connectivity index (χ2v) is 9.04. The second kappa shape index (κ2) is 8.19. The maximum atomic E-state index is 12.7. The van der Waals surface area contributed by atoms with Crippen molar-refractivity contribution in [1.82, 2.24) is 14.9 Å². The highest BCUT2D eigenvalue weighted by molar-refractivity contribution is 7.92. The Balaban J connectivity index is 1.45. The van der Waals surface area contributed by atoms with Crippen molar-refractivity contribution in [2.24, 2.45) is 0 Å². The van der Waals surface area contributed by atoms with Crippen molar-refractivity contribution in [2.75, 3.05) is 16.6 Å². The zero-order valence-corrected chi connectivity index (χ0v) is 17.2. The molecule has 1 atom stereocenters. The first-order valence-electron chi connectivity index (χ1n) is 9.59. The van der Waals surface area contributed by atoms with Crippen molar-refractivity contribution in [1.29, 1.82) is 0 Å². The minimum absolute atomic E-state index is 0.0566. The van der Waals surface area contributed by atoms with Gasteiger partial charge in [0.1, 0.15) is 5.75 Å². The van der Waals surface area contributed by atoms with Crippen LogP contribution in [0.5, 0.6) is 5.75 Å². The molecule has 1 N–H and O–H groups in total. The van der Waals surface area contributed by atoms with Crippen molar-refractivity contribution in [3.05, 3.63) is 72.8 Å². The van der Waals surface area contributed by atoms with Gasteiger partial charge in [0.15, 0.2) is 6.10 Å². The van der Waals surface area contributed by atoms with Gasteiger partial charge in [-0.15, -0.1) is 0 Å². The van der Waals surface area contributed by atoms with Crippen LogP contribution < -0.4 is 14.4 Å². The maximum absolute atomic E-state index is 12.7. The number of hydrogen-bond acceptors (Lipinski definition) is 5. The lowest BCUT2D eigenvalue weighted by Gasteiger charge is -2.34. The molecule has 1 aliphatic heterocycles. The van der Waals surface area contributed by atoms with E-state index in [0.717, 1.165) is 11.3 Å². The Bertz CT molecular complexity index is 1130. The number of amides is 1. The van der Waals surface area contributed by atoms with Gasteiger partial charge in [-0.1, -0.05) is 24.3 Å². The third-order valence-corrected chi connectivity index (χ3v) is 6.68. The Morgan fingerprint density at radius 2 is 1.97 bits per heavy atom. The van der Waals surface area contributed by atoms with Crippen molar-refractivity contribution in [3.8, 4) is 11.4 Å². The van der Waals surface area contributed by atoms with E-state index in [1.54, 1.807) is 43.7 Å². The topological polar surface area (TPSA) is 93.5 Å². The summed E-state index contributed by atoms with van der Waals surface area (Å²) in [7, 11) is -3.53. The molecule has 0 radical (unpaired) electrons. The van der Waals surface area contributed by atoms with E-state index in [2.05, 4.69) is 10.3 Å². The van der Waals surface area contributed by atoms with E-state index < -0.39 is 16.1 Å². The van der Waals surface area contributed by atoms with E-state index in [0.29, 0.717) is 18.0 Å². The third-order valence-electron chi connectivity index (χ3n) is 4.93. The second-order valence-electron chi connectivity index (χ2n) is 6.86. The van der Waals surface area contributed by atoms with Crippen LogP contribution in [0.3, 0.4) is 0 Å². The normalized spacial score (nSPS) is 15.9. The van der Waals surface area contributed by atoms with Gasteiger partial charge in [-0.05, 0) is 36.8 Å². The average molecular weight is 426 g/mol. The van der Waals surface area contributed by atoms with Crippen molar-refractivity contribution >= 4 is 21.6 Å². The molecule has 2 aromatic carbocycles. The number of anilines is 1. The fourth-order valence-electron chi connectivity index (χ4n) is 3.26. The van der Waals surface area contributed by atoms with E-state index >= 15 is 0 Å². The number of benzene rings is 2. The number of ether oxygens (including phenoxy) is 1. The molecule has 1 amide bonds. The number of carbonyl (C=O) groups is 1. The molecule has 1 aromatic heterocycles. The van der Waals surface area contributed by atoms with Gasteiger partial charge in [0.25, 0.3) is 5.91 Å². The zero-order valence-electron chi connectivity index (χ0n) is 16.4. The molecular formula is C21H22N4O4S. The SMILES string of the molecule is CCS(=O)(=O)N1CC(C(=O)NCc2ccc(-n3ccnc3)cc2)Oc2ccccc21. The molecule has 2 heterocycles. The van der Waals surface area contributed by atoms with Crippen LogP contribution in [0, 0.1) is 0 Å². The Morgan fingerprint density at radius 1 is 1.20 bits per heavy atom. The Hall–Kier alpha value is -3.33. The predicted octanol–water partition coefficient (Wildman–Crippen LogP) is 2.11. The average Bonchev–Trinajstić information content (AvgIpc) is 3.32. The fraction of sp³-hybridized carbons (Fsp3) is 0.238. The molecule has 30 heavy (non-hydrogen) atoms. The molecule has 0 saturated heterocycles. The van der Waals surface area contributed by atoms with Crippen molar-refractivity contribution in [3.63, 3.8) is 0 Å². The lowest BCUT2D eigenvalue weighted by Crippen LogP contribution is -2.50. The first-order chi connectivity index (χ1) is 14.5. The van der Waals surface area contributed by atoms with Gasteiger partial charge in [-0.25, -0.2) is 13.4 Å². The summed E-state index contributed by atoms with van der Waals surface area (Å²) in [5.74, 6) is -0.0380. The smallest absolute Gasteiger partial charge is 0.263 e. The minimum Gasteiger partial charge on any atom is -0.476 e. The first kappa shape index (κ1) is 20.0. The summed E-state index contributed by atoms with van der Waals surface area (Å²) in [6, 6.07) is 14.5. The number of rotatable bonds is 6. The number of hydrogen-bond donors (Lipinski definition) is 1. The van der Waals surface area contributed by atoms with Gasteiger partial charge in [0.05, 0.1) is 24.3 Å². The van der Waals surface area contributed by atoms with E-state index in [1.807, 2.05) is 35.0 Å². The van der Waals surface area contributed by atoms with Crippen LogP contribution >= 0.6 is 0 Å². The van der Waals surface area contributed by atoms with E-state index in [-0.39, 0.29) is 18.2 Å². The predicted molar refractivity (Wildman–Crippen MR) is 113 cm³/mol. The molecule has 9 heteroatoms. The zero-order chi connectivity index (χ0) is 21.1. The summed E-state index contributed by atoms with van der Waals surface area (Å²) in [6.45, 7) is 1.83. The summed E-state index contributed by atoms with van der Waals surface area (Å²) in [4.78, 5) is 16.7. The minimum atomic E-state index is -3.53. The van der Waals surface area contributed by atoms with Crippen LogP contribution in [0.1, 0.15) is 12.5 Å². The first-order valence-corrected chi connectivity index (χ1v) is 11.2. The van der Waals surface area contributed by atoms with E-state index in [1.165, 1.54) is 4.31 Å². The lowest BCUT2D eigenvalue weighted by molar-refractivity contribution is -0.127. The number of sulfonamides is 1.